The van der Waals surface area contributed by atoms with Crippen molar-refractivity contribution in [2.24, 2.45) is 0 Å². The Bertz CT molecular complexity index is 365. The normalized spacial score (nSPS) is 9.07. The molecule has 0 aliphatic heterocycles. The Hall–Kier alpha value is -1.14. The minimum absolute atomic E-state index is 0.305. The van der Waals surface area contributed by atoms with E-state index in [4.69, 9.17) is 4.74 Å². The van der Waals surface area contributed by atoms with Gasteiger partial charge in [-0.2, -0.15) is 12.6 Å². The van der Waals surface area contributed by atoms with Crippen LogP contribution in [0.25, 0.3) is 0 Å². The molecule has 0 atom stereocenters. The van der Waals surface area contributed by atoms with Crippen molar-refractivity contribution < 1.29 is 9.13 Å². The van der Waals surface area contributed by atoms with E-state index < -0.39 is 0 Å². The average molecular weight is 210 g/mol. The average Bonchev–Trinajstić information content (AvgIpc) is 2.19. The summed E-state index contributed by atoms with van der Waals surface area (Å²) in [6.45, 7) is 0. The van der Waals surface area contributed by atoms with E-state index in [1.54, 1.807) is 6.07 Å². The maximum Gasteiger partial charge on any atom is 0.134 e. The largest absolute Gasteiger partial charge is 0.495 e. The molecular weight excluding hydrogens is 199 g/mol. The summed E-state index contributed by atoms with van der Waals surface area (Å²) in [5.74, 6) is 6.71. The third-order valence-corrected chi connectivity index (χ3v) is 1.84. The zero-order valence-electron chi connectivity index (χ0n) is 7.88. The molecule has 0 radical (unpaired) electrons. The molecule has 0 fully saturated rings. The van der Waals surface area contributed by atoms with E-state index in [-0.39, 0.29) is 5.82 Å². The minimum atomic E-state index is -0.305. The highest BCUT2D eigenvalue weighted by Gasteiger charge is 2.00. The van der Waals surface area contributed by atoms with E-state index in [9.17, 15) is 4.39 Å². The van der Waals surface area contributed by atoms with Crippen LogP contribution in [-0.2, 0) is 0 Å². The molecule has 0 N–H and O–H groups in total. The van der Waals surface area contributed by atoms with Gasteiger partial charge in [0.1, 0.15) is 11.6 Å². The van der Waals surface area contributed by atoms with E-state index >= 15 is 0 Å². The minimum Gasteiger partial charge on any atom is -0.495 e. The zero-order chi connectivity index (χ0) is 10.4. The Morgan fingerprint density at radius 2 is 2.29 bits per heavy atom. The number of methoxy groups -OCH3 is 1. The SMILES string of the molecule is COc1ccc(F)cc1C#CCCS. The van der Waals surface area contributed by atoms with Gasteiger partial charge in [0.15, 0.2) is 0 Å². The van der Waals surface area contributed by atoms with Gasteiger partial charge in [-0.1, -0.05) is 11.8 Å². The van der Waals surface area contributed by atoms with Crippen LogP contribution < -0.4 is 4.74 Å². The van der Waals surface area contributed by atoms with Gasteiger partial charge >= 0.3 is 0 Å². The first-order chi connectivity index (χ1) is 6.77. The van der Waals surface area contributed by atoms with Crippen molar-refractivity contribution in [1.29, 1.82) is 0 Å². The molecule has 0 spiro atoms. The fourth-order valence-electron chi connectivity index (χ4n) is 0.992. The molecule has 0 unspecified atom stereocenters. The molecule has 0 heterocycles. The number of rotatable bonds is 2. The summed E-state index contributed by atoms with van der Waals surface area (Å²) >= 11 is 4.03. The van der Waals surface area contributed by atoms with E-state index in [2.05, 4.69) is 24.5 Å². The summed E-state index contributed by atoms with van der Waals surface area (Å²) in [4.78, 5) is 0. The molecule has 0 bridgehead atoms. The first-order valence-corrected chi connectivity index (χ1v) is 4.84. The molecule has 1 aromatic rings. The summed E-state index contributed by atoms with van der Waals surface area (Å²) in [5.41, 5.74) is 0.578. The Morgan fingerprint density at radius 3 is 2.93 bits per heavy atom. The third-order valence-electron chi connectivity index (χ3n) is 1.62. The number of thiol groups is 1. The van der Waals surface area contributed by atoms with Crippen molar-refractivity contribution in [1.82, 2.24) is 0 Å². The molecule has 0 saturated heterocycles. The second kappa shape index (κ2) is 5.56. The van der Waals surface area contributed by atoms with Crippen LogP contribution in [-0.4, -0.2) is 12.9 Å². The van der Waals surface area contributed by atoms with E-state index in [0.29, 0.717) is 23.5 Å². The van der Waals surface area contributed by atoms with Gasteiger partial charge in [-0.15, -0.1) is 0 Å². The van der Waals surface area contributed by atoms with Gasteiger partial charge in [-0.05, 0) is 18.2 Å². The van der Waals surface area contributed by atoms with Crippen LogP contribution >= 0.6 is 12.6 Å². The van der Waals surface area contributed by atoms with Crippen LogP contribution in [0.3, 0.4) is 0 Å². The Morgan fingerprint density at radius 1 is 1.50 bits per heavy atom. The molecule has 1 aromatic carbocycles. The molecule has 0 aliphatic rings. The van der Waals surface area contributed by atoms with Gasteiger partial charge in [-0.25, -0.2) is 4.39 Å². The molecule has 1 rings (SSSR count). The molecule has 0 saturated carbocycles. The lowest BCUT2D eigenvalue weighted by atomic mass is 10.2. The second-order valence-corrected chi connectivity index (χ2v) is 3.07. The Kier molecular flexibility index (Phi) is 4.34. The predicted molar refractivity (Wildman–Crippen MR) is 58.3 cm³/mol. The molecule has 3 heteroatoms. The quantitative estimate of drug-likeness (QED) is 0.583. The van der Waals surface area contributed by atoms with Crippen molar-refractivity contribution >= 4 is 12.6 Å². The fraction of sp³-hybridized carbons (Fsp3) is 0.273. The van der Waals surface area contributed by atoms with Crippen molar-refractivity contribution in [3.8, 4) is 17.6 Å². The van der Waals surface area contributed by atoms with E-state index in [1.165, 1.54) is 19.2 Å². The van der Waals surface area contributed by atoms with Gasteiger partial charge in [0, 0.05) is 12.2 Å². The molecule has 74 valence electrons. The van der Waals surface area contributed by atoms with Gasteiger partial charge in [0.05, 0.1) is 12.7 Å². The Balaban J connectivity index is 2.94. The monoisotopic (exact) mass is 210 g/mol. The molecule has 0 amide bonds. The summed E-state index contributed by atoms with van der Waals surface area (Å²) in [5, 5.41) is 0. The number of ether oxygens (including phenoxy) is 1. The molecule has 0 aliphatic carbocycles. The van der Waals surface area contributed by atoms with Crippen LogP contribution in [0.5, 0.6) is 5.75 Å². The maximum absolute atomic E-state index is 12.9. The molecule has 1 nitrogen and oxygen atoms in total. The highest BCUT2D eigenvalue weighted by molar-refractivity contribution is 7.80. The molecule has 14 heavy (non-hydrogen) atoms. The predicted octanol–water partition coefficient (Wildman–Crippen LogP) is 2.51. The first kappa shape index (κ1) is 10.9. The number of benzene rings is 1. The van der Waals surface area contributed by atoms with Crippen LogP contribution in [0, 0.1) is 17.7 Å². The lowest BCUT2D eigenvalue weighted by Gasteiger charge is -2.01. The van der Waals surface area contributed by atoms with Gasteiger partial charge < -0.3 is 4.74 Å². The smallest absolute Gasteiger partial charge is 0.134 e. The summed E-state index contributed by atoms with van der Waals surface area (Å²) in [7, 11) is 1.54. The van der Waals surface area contributed by atoms with Crippen LogP contribution in [0.4, 0.5) is 4.39 Å². The Labute approximate surface area is 88.7 Å². The standard InChI is InChI=1S/C11H11FOS/c1-13-11-6-5-10(12)8-9(11)4-2-3-7-14/h5-6,8,14H,3,7H2,1H3. The lowest BCUT2D eigenvalue weighted by molar-refractivity contribution is 0.412. The lowest BCUT2D eigenvalue weighted by Crippen LogP contribution is -1.88. The van der Waals surface area contributed by atoms with Gasteiger partial charge in [0.2, 0.25) is 0 Å². The summed E-state index contributed by atoms with van der Waals surface area (Å²) < 4.78 is 17.9. The summed E-state index contributed by atoms with van der Waals surface area (Å²) in [6, 6.07) is 4.28. The second-order valence-electron chi connectivity index (χ2n) is 2.62. The van der Waals surface area contributed by atoms with Crippen LogP contribution in [0.2, 0.25) is 0 Å². The highest BCUT2D eigenvalue weighted by Crippen LogP contribution is 2.17. The number of hydrogen-bond donors (Lipinski definition) is 1. The zero-order valence-corrected chi connectivity index (χ0v) is 8.77. The molecular formula is C11H11FOS. The third kappa shape index (κ3) is 2.97. The number of hydrogen-bond acceptors (Lipinski definition) is 2. The highest BCUT2D eigenvalue weighted by atomic mass is 32.1. The fourth-order valence-corrected chi connectivity index (χ4v) is 1.10. The van der Waals surface area contributed by atoms with Crippen molar-refractivity contribution in [3.63, 3.8) is 0 Å². The van der Waals surface area contributed by atoms with Crippen LogP contribution in [0.1, 0.15) is 12.0 Å². The first-order valence-electron chi connectivity index (χ1n) is 4.21. The van der Waals surface area contributed by atoms with Gasteiger partial charge in [0.25, 0.3) is 0 Å². The van der Waals surface area contributed by atoms with Crippen molar-refractivity contribution in [2.75, 3.05) is 12.9 Å². The maximum atomic E-state index is 12.9. The van der Waals surface area contributed by atoms with Gasteiger partial charge in [-0.3, -0.25) is 0 Å². The summed E-state index contributed by atoms with van der Waals surface area (Å²) in [6.07, 6.45) is 0.683. The number of halogens is 1. The van der Waals surface area contributed by atoms with Crippen molar-refractivity contribution in [3.05, 3.63) is 29.6 Å². The van der Waals surface area contributed by atoms with Crippen LogP contribution in [0.15, 0.2) is 18.2 Å². The molecule has 0 aromatic heterocycles. The van der Waals surface area contributed by atoms with E-state index in [1.807, 2.05) is 0 Å². The topological polar surface area (TPSA) is 9.23 Å². The van der Waals surface area contributed by atoms with Crippen molar-refractivity contribution in [2.45, 2.75) is 6.42 Å². The van der Waals surface area contributed by atoms with E-state index in [0.717, 1.165) is 0 Å².